The summed E-state index contributed by atoms with van der Waals surface area (Å²) in [6, 6.07) is 7.50. The number of nitrogens with zero attached hydrogens (tertiary/aromatic N) is 1. The van der Waals surface area contributed by atoms with Crippen LogP contribution in [0, 0.1) is 0 Å². The molecule has 94 valence electrons. The van der Waals surface area contributed by atoms with Gasteiger partial charge in [0.1, 0.15) is 0 Å². The summed E-state index contributed by atoms with van der Waals surface area (Å²) in [5.74, 6) is -0.403. The predicted octanol–water partition coefficient (Wildman–Crippen LogP) is 1.36. The van der Waals surface area contributed by atoms with E-state index in [1.54, 1.807) is 18.3 Å². The normalized spacial score (nSPS) is 12.3. The van der Waals surface area contributed by atoms with Crippen molar-refractivity contribution in [2.45, 2.75) is 19.5 Å². The van der Waals surface area contributed by atoms with Crippen molar-refractivity contribution in [1.82, 2.24) is 15.5 Å². The molecule has 0 bridgehead atoms. The second-order valence-corrected chi connectivity index (χ2v) is 4.20. The number of nitrogens with two attached hydrogens (primary N) is 1. The number of rotatable bonds is 5. The van der Waals surface area contributed by atoms with E-state index in [9.17, 15) is 4.79 Å². The summed E-state index contributed by atoms with van der Waals surface area (Å²) >= 11 is 0. The van der Waals surface area contributed by atoms with Gasteiger partial charge < -0.3 is 11.1 Å². The van der Waals surface area contributed by atoms with Crippen molar-refractivity contribution < 1.29 is 4.79 Å². The zero-order valence-corrected chi connectivity index (χ0v) is 10.2. The number of nitrogens with one attached hydrogen (secondary N) is 2. The van der Waals surface area contributed by atoms with E-state index in [0.717, 1.165) is 11.1 Å². The quantitative estimate of drug-likeness (QED) is 0.742. The molecule has 2 rings (SSSR count). The second-order valence-electron chi connectivity index (χ2n) is 4.20. The molecule has 0 saturated carbocycles. The van der Waals surface area contributed by atoms with Crippen molar-refractivity contribution in [3.8, 4) is 0 Å². The molecule has 0 aliphatic rings. The molecule has 1 heterocycles. The molecule has 1 aromatic carbocycles. The molecule has 0 fully saturated rings. The summed E-state index contributed by atoms with van der Waals surface area (Å²) in [5, 5.41) is 10.0. The molecule has 1 atom stereocenters. The number of hydrogen-bond acceptors (Lipinski definition) is 3. The summed E-state index contributed by atoms with van der Waals surface area (Å²) < 4.78 is 0. The lowest BCUT2D eigenvalue weighted by Gasteiger charge is -2.12. The van der Waals surface area contributed by atoms with Crippen LogP contribution in [0.4, 0.5) is 0 Å². The summed E-state index contributed by atoms with van der Waals surface area (Å²) in [4.78, 5) is 11.1. The second kappa shape index (κ2) is 5.46. The van der Waals surface area contributed by atoms with Gasteiger partial charge in [-0.3, -0.25) is 9.89 Å². The molecule has 2 aromatic rings. The van der Waals surface area contributed by atoms with Crippen LogP contribution >= 0.6 is 0 Å². The molecular weight excluding hydrogens is 228 g/mol. The van der Waals surface area contributed by atoms with Gasteiger partial charge in [-0.2, -0.15) is 5.10 Å². The molecule has 0 spiro atoms. The van der Waals surface area contributed by atoms with E-state index >= 15 is 0 Å². The van der Waals surface area contributed by atoms with E-state index in [1.807, 2.05) is 18.3 Å². The Morgan fingerprint density at radius 2 is 2.39 bits per heavy atom. The fraction of sp³-hybridized carbons (Fsp3) is 0.231. The zero-order chi connectivity index (χ0) is 13.0. The van der Waals surface area contributed by atoms with Crippen LogP contribution in [-0.2, 0) is 6.54 Å². The number of aromatic nitrogens is 2. The van der Waals surface area contributed by atoms with E-state index in [-0.39, 0.29) is 6.04 Å². The summed E-state index contributed by atoms with van der Waals surface area (Å²) in [5.41, 5.74) is 7.90. The fourth-order valence-corrected chi connectivity index (χ4v) is 1.72. The van der Waals surface area contributed by atoms with Gasteiger partial charge in [-0.25, -0.2) is 0 Å². The zero-order valence-electron chi connectivity index (χ0n) is 10.2. The molecule has 4 N–H and O–H groups in total. The summed E-state index contributed by atoms with van der Waals surface area (Å²) in [7, 11) is 0. The van der Waals surface area contributed by atoms with Gasteiger partial charge in [-0.1, -0.05) is 12.1 Å². The number of amides is 1. The Hall–Kier alpha value is -2.14. The van der Waals surface area contributed by atoms with Crippen molar-refractivity contribution in [3.63, 3.8) is 0 Å². The van der Waals surface area contributed by atoms with Gasteiger partial charge in [-0.05, 0) is 24.6 Å². The van der Waals surface area contributed by atoms with Gasteiger partial charge in [0.15, 0.2) is 0 Å². The number of carbonyl (C=O) groups excluding carboxylic acids is 1. The Morgan fingerprint density at radius 1 is 1.56 bits per heavy atom. The van der Waals surface area contributed by atoms with Crippen molar-refractivity contribution in [2.24, 2.45) is 5.73 Å². The third-order valence-electron chi connectivity index (χ3n) is 2.84. The van der Waals surface area contributed by atoms with Gasteiger partial charge in [0.25, 0.3) is 0 Å². The first-order chi connectivity index (χ1) is 8.66. The molecule has 0 saturated heterocycles. The van der Waals surface area contributed by atoms with Crippen LogP contribution in [-0.4, -0.2) is 16.1 Å². The van der Waals surface area contributed by atoms with Crippen LogP contribution in [0.5, 0.6) is 0 Å². The van der Waals surface area contributed by atoms with E-state index in [4.69, 9.17) is 5.73 Å². The first-order valence-corrected chi connectivity index (χ1v) is 5.77. The molecule has 18 heavy (non-hydrogen) atoms. The maximum atomic E-state index is 11.1. The average molecular weight is 244 g/mol. The van der Waals surface area contributed by atoms with Crippen LogP contribution in [0.15, 0.2) is 36.7 Å². The number of H-pyrrole nitrogens is 1. The predicted molar refractivity (Wildman–Crippen MR) is 68.8 cm³/mol. The van der Waals surface area contributed by atoms with Crippen molar-refractivity contribution in [3.05, 3.63) is 53.3 Å². The van der Waals surface area contributed by atoms with Gasteiger partial charge in [0, 0.05) is 29.9 Å². The minimum atomic E-state index is -0.403. The molecule has 1 unspecified atom stereocenters. The molecular formula is C13H16N4O. The molecule has 1 amide bonds. The van der Waals surface area contributed by atoms with Crippen molar-refractivity contribution in [2.75, 3.05) is 0 Å². The Bertz CT molecular complexity index is 522. The Morgan fingerprint density at radius 3 is 3.06 bits per heavy atom. The number of primary amides is 1. The fourth-order valence-electron chi connectivity index (χ4n) is 1.72. The highest BCUT2D eigenvalue weighted by Gasteiger charge is 2.06. The molecule has 0 aliphatic heterocycles. The van der Waals surface area contributed by atoms with Gasteiger partial charge in [-0.15, -0.1) is 0 Å². The van der Waals surface area contributed by atoms with Gasteiger partial charge >= 0.3 is 0 Å². The Kier molecular flexibility index (Phi) is 3.74. The third-order valence-corrected chi connectivity index (χ3v) is 2.84. The van der Waals surface area contributed by atoms with Crippen LogP contribution in [0.2, 0.25) is 0 Å². The smallest absolute Gasteiger partial charge is 0.248 e. The highest BCUT2D eigenvalue weighted by atomic mass is 16.1. The van der Waals surface area contributed by atoms with E-state index in [0.29, 0.717) is 12.1 Å². The lowest BCUT2D eigenvalue weighted by molar-refractivity contribution is 0.1000. The van der Waals surface area contributed by atoms with Crippen LogP contribution in [0.25, 0.3) is 0 Å². The average Bonchev–Trinajstić information content (AvgIpc) is 2.90. The first kappa shape index (κ1) is 12.3. The molecule has 5 nitrogen and oxygen atoms in total. The van der Waals surface area contributed by atoms with Crippen LogP contribution in [0.3, 0.4) is 0 Å². The maximum absolute atomic E-state index is 11.1. The minimum Gasteiger partial charge on any atom is -0.366 e. The molecule has 0 aliphatic carbocycles. The SMILES string of the molecule is CC(NCc1cccc(C(N)=O)c1)c1cn[nH]c1. The van der Waals surface area contributed by atoms with Crippen LogP contribution < -0.4 is 11.1 Å². The van der Waals surface area contributed by atoms with E-state index in [1.165, 1.54) is 0 Å². The number of aromatic amines is 1. The largest absolute Gasteiger partial charge is 0.366 e. The monoisotopic (exact) mass is 244 g/mol. The van der Waals surface area contributed by atoms with Gasteiger partial charge in [0.05, 0.1) is 6.20 Å². The third kappa shape index (κ3) is 2.95. The Balaban J connectivity index is 1.98. The highest BCUT2D eigenvalue weighted by Crippen LogP contribution is 2.11. The van der Waals surface area contributed by atoms with E-state index in [2.05, 4.69) is 22.4 Å². The maximum Gasteiger partial charge on any atom is 0.248 e. The lowest BCUT2D eigenvalue weighted by atomic mass is 10.1. The highest BCUT2D eigenvalue weighted by molar-refractivity contribution is 5.92. The summed E-state index contributed by atoms with van der Waals surface area (Å²) in [6.45, 7) is 2.73. The minimum absolute atomic E-state index is 0.195. The molecule has 5 heteroatoms. The number of hydrogen-bond donors (Lipinski definition) is 3. The molecule has 1 aromatic heterocycles. The van der Waals surface area contributed by atoms with Crippen molar-refractivity contribution in [1.29, 1.82) is 0 Å². The topological polar surface area (TPSA) is 83.8 Å². The first-order valence-electron chi connectivity index (χ1n) is 5.77. The molecule has 0 radical (unpaired) electrons. The van der Waals surface area contributed by atoms with Crippen molar-refractivity contribution >= 4 is 5.91 Å². The van der Waals surface area contributed by atoms with Gasteiger partial charge in [0.2, 0.25) is 5.91 Å². The van der Waals surface area contributed by atoms with Crippen LogP contribution in [0.1, 0.15) is 34.5 Å². The number of carbonyl (C=O) groups is 1. The lowest BCUT2D eigenvalue weighted by Crippen LogP contribution is -2.18. The van der Waals surface area contributed by atoms with E-state index < -0.39 is 5.91 Å². The summed E-state index contributed by atoms with van der Waals surface area (Å²) in [6.07, 6.45) is 3.65. The Labute approximate surface area is 105 Å². The standard InChI is InChI=1S/C13H16N4O/c1-9(12-7-16-17-8-12)15-6-10-3-2-4-11(5-10)13(14)18/h2-5,7-9,15H,6H2,1H3,(H2,14,18)(H,16,17). The number of benzene rings is 1.